The molecule has 0 radical (unpaired) electrons. The van der Waals surface area contributed by atoms with Crippen LogP contribution in [0.3, 0.4) is 0 Å². The highest BCUT2D eigenvalue weighted by Crippen LogP contribution is 2.07. The molecule has 1 aromatic rings. The zero-order chi connectivity index (χ0) is 14.8. The molecule has 0 saturated heterocycles. The zero-order valence-corrected chi connectivity index (χ0v) is 12.3. The van der Waals surface area contributed by atoms with Gasteiger partial charge in [-0.1, -0.05) is 44.0 Å². The summed E-state index contributed by atoms with van der Waals surface area (Å²) in [5, 5.41) is 5.32. The van der Waals surface area contributed by atoms with Gasteiger partial charge in [-0.15, -0.1) is 6.42 Å². The molecule has 0 atom stereocenters. The van der Waals surface area contributed by atoms with Crippen molar-refractivity contribution in [2.75, 3.05) is 19.6 Å². The standard InChI is InChI=1S/C16H23N3O/c1-4-11-17-16(20)18-12-14-7-9-15(10-8-14)13-19(5-2)6-3/h1,7-10H,5-6,11-13H2,2-3H3,(H2,17,18,20). The third-order valence-corrected chi connectivity index (χ3v) is 3.13. The number of rotatable bonds is 7. The molecule has 0 saturated carbocycles. The average molecular weight is 273 g/mol. The van der Waals surface area contributed by atoms with Crippen molar-refractivity contribution in [2.24, 2.45) is 0 Å². The Morgan fingerprint density at radius 2 is 1.75 bits per heavy atom. The van der Waals surface area contributed by atoms with E-state index >= 15 is 0 Å². The summed E-state index contributed by atoms with van der Waals surface area (Å²) in [7, 11) is 0. The highest BCUT2D eigenvalue weighted by atomic mass is 16.2. The summed E-state index contributed by atoms with van der Waals surface area (Å²) in [5.74, 6) is 2.36. The fourth-order valence-corrected chi connectivity index (χ4v) is 1.84. The third-order valence-electron chi connectivity index (χ3n) is 3.13. The molecule has 20 heavy (non-hydrogen) atoms. The smallest absolute Gasteiger partial charge is 0.315 e. The van der Waals surface area contributed by atoms with E-state index in [4.69, 9.17) is 6.42 Å². The lowest BCUT2D eigenvalue weighted by Crippen LogP contribution is -2.35. The van der Waals surface area contributed by atoms with Gasteiger partial charge >= 0.3 is 6.03 Å². The van der Waals surface area contributed by atoms with Gasteiger partial charge in [0.05, 0.1) is 6.54 Å². The fraction of sp³-hybridized carbons (Fsp3) is 0.438. The van der Waals surface area contributed by atoms with E-state index in [2.05, 4.69) is 47.4 Å². The van der Waals surface area contributed by atoms with Gasteiger partial charge in [-0.3, -0.25) is 4.90 Å². The van der Waals surface area contributed by atoms with Gasteiger partial charge in [0, 0.05) is 13.1 Å². The lowest BCUT2D eigenvalue weighted by molar-refractivity contribution is 0.241. The summed E-state index contributed by atoms with van der Waals surface area (Å²) in [6.45, 7) is 8.14. The van der Waals surface area contributed by atoms with Gasteiger partial charge < -0.3 is 10.6 Å². The van der Waals surface area contributed by atoms with Crippen LogP contribution in [0, 0.1) is 12.3 Å². The van der Waals surface area contributed by atoms with Crippen molar-refractivity contribution < 1.29 is 4.79 Å². The summed E-state index contributed by atoms with van der Waals surface area (Å²) < 4.78 is 0. The number of terminal acetylenes is 1. The van der Waals surface area contributed by atoms with Gasteiger partial charge in [-0.2, -0.15) is 0 Å². The molecule has 0 spiro atoms. The Labute approximate surface area is 121 Å². The molecule has 4 heteroatoms. The van der Waals surface area contributed by atoms with E-state index in [9.17, 15) is 4.79 Å². The quantitative estimate of drug-likeness (QED) is 0.746. The largest absolute Gasteiger partial charge is 0.334 e. The molecule has 2 amide bonds. The van der Waals surface area contributed by atoms with Gasteiger partial charge in [0.15, 0.2) is 0 Å². The van der Waals surface area contributed by atoms with E-state index in [-0.39, 0.29) is 12.6 Å². The maximum atomic E-state index is 11.3. The predicted octanol–water partition coefficient (Wildman–Crippen LogP) is 1.96. The van der Waals surface area contributed by atoms with E-state index in [1.165, 1.54) is 5.56 Å². The summed E-state index contributed by atoms with van der Waals surface area (Å²) in [6, 6.07) is 8.05. The van der Waals surface area contributed by atoms with Crippen LogP contribution in [0.15, 0.2) is 24.3 Å². The minimum atomic E-state index is -0.241. The Morgan fingerprint density at radius 1 is 1.15 bits per heavy atom. The topological polar surface area (TPSA) is 44.4 Å². The number of carbonyl (C=O) groups is 1. The summed E-state index contributed by atoms with van der Waals surface area (Å²) in [4.78, 5) is 13.7. The first kappa shape index (κ1) is 16.1. The number of nitrogens with one attached hydrogen (secondary N) is 2. The summed E-state index contributed by atoms with van der Waals surface area (Å²) in [6.07, 6.45) is 5.07. The molecule has 2 N–H and O–H groups in total. The van der Waals surface area contributed by atoms with Crippen molar-refractivity contribution in [1.82, 2.24) is 15.5 Å². The van der Waals surface area contributed by atoms with Crippen molar-refractivity contribution in [3.8, 4) is 12.3 Å². The van der Waals surface area contributed by atoms with Gasteiger partial charge in [0.25, 0.3) is 0 Å². The predicted molar refractivity (Wildman–Crippen MR) is 82.1 cm³/mol. The van der Waals surface area contributed by atoms with E-state index in [1.807, 2.05) is 12.1 Å². The number of hydrogen-bond donors (Lipinski definition) is 2. The second kappa shape index (κ2) is 9.00. The zero-order valence-electron chi connectivity index (χ0n) is 12.3. The normalized spacial score (nSPS) is 10.1. The molecule has 0 unspecified atom stereocenters. The maximum Gasteiger partial charge on any atom is 0.315 e. The summed E-state index contributed by atoms with van der Waals surface area (Å²) >= 11 is 0. The van der Waals surface area contributed by atoms with Crippen LogP contribution in [0.4, 0.5) is 4.79 Å². The Morgan fingerprint density at radius 3 is 2.30 bits per heavy atom. The molecule has 1 rings (SSSR count). The minimum absolute atomic E-state index is 0.241. The van der Waals surface area contributed by atoms with Gasteiger partial charge in [0.1, 0.15) is 0 Å². The van der Waals surface area contributed by atoms with Crippen LogP contribution < -0.4 is 10.6 Å². The van der Waals surface area contributed by atoms with Crippen LogP contribution in [0.2, 0.25) is 0 Å². The first-order valence-corrected chi connectivity index (χ1v) is 6.94. The molecule has 108 valence electrons. The van der Waals surface area contributed by atoms with Gasteiger partial charge in [0.2, 0.25) is 0 Å². The Balaban J connectivity index is 2.42. The lowest BCUT2D eigenvalue weighted by atomic mass is 10.1. The second-order valence-corrected chi connectivity index (χ2v) is 4.52. The molecular formula is C16H23N3O. The molecule has 0 bridgehead atoms. The van der Waals surface area contributed by atoms with Crippen molar-refractivity contribution in [1.29, 1.82) is 0 Å². The number of hydrogen-bond acceptors (Lipinski definition) is 2. The molecule has 0 aliphatic heterocycles. The molecule has 0 heterocycles. The highest BCUT2D eigenvalue weighted by Gasteiger charge is 2.02. The molecular weight excluding hydrogens is 250 g/mol. The number of carbonyl (C=O) groups excluding carboxylic acids is 1. The first-order valence-electron chi connectivity index (χ1n) is 6.94. The Hall–Kier alpha value is -1.99. The van der Waals surface area contributed by atoms with Crippen molar-refractivity contribution in [2.45, 2.75) is 26.9 Å². The van der Waals surface area contributed by atoms with Crippen molar-refractivity contribution in [3.05, 3.63) is 35.4 Å². The van der Waals surface area contributed by atoms with E-state index in [0.29, 0.717) is 6.54 Å². The van der Waals surface area contributed by atoms with Gasteiger partial charge in [-0.05, 0) is 24.2 Å². The third kappa shape index (κ3) is 5.77. The number of amides is 2. The SMILES string of the molecule is C#CCNC(=O)NCc1ccc(CN(CC)CC)cc1. The number of benzene rings is 1. The lowest BCUT2D eigenvalue weighted by Gasteiger charge is -2.18. The van der Waals surface area contributed by atoms with Crippen LogP contribution in [0.1, 0.15) is 25.0 Å². The number of nitrogens with zero attached hydrogens (tertiary/aromatic N) is 1. The Bertz CT molecular complexity index is 444. The molecule has 4 nitrogen and oxygen atoms in total. The van der Waals surface area contributed by atoms with Crippen LogP contribution in [0.25, 0.3) is 0 Å². The first-order chi connectivity index (χ1) is 9.69. The van der Waals surface area contributed by atoms with Crippen LogP contribution >= 0.6 is 0 Å². The minimum Gasteiger partial charge on any atom is -0.334 e. The average Bonchev–Trinajstić information content (AvgIpc) is 2.49. The van der Waals surface area contributed by atoms with Crippen molar-refractivity contribution in [3.63, 3.8) is 0 Å². The van der Waals surface area contributed by atoms with Crippen molar-refractivity contribution >= 4 is 6.03 Å². The van der Waals surface area contributed by atoms with Gasteiger partial charge in [-0.25, -0.2) is 4.79 Å². The highest BCUT2D eigenvalue weighted by molar-refractivity contribution is 5.74. The van der Waals surface area contributed by atoms with E-state index in [1.54, 1.807) is 0 Å². The molecule has 0 fully saturated rings. The Kier molecular flexibility index (Phi) is 7.23. The van der Waals surface area contributed by atoms with E-state index in [0.717, 1.165) is 25.2 Å². The molecule has 1 aromatic carbocycles. The maximum absolute atomic E-state index is 11.3. The van der Waals surface area contributed by atoms with Crippen LogP contribution in [-0.2, 0) is 13.1 Å². The monoisotopic (exact) mass is 273 g/mol. The molecule has 0 aromatic heterocycles. The number of urea groups is 1. The van der Waals surface area contributed by atoms with Crippen LogP contribution in [0.5, 0.6) is 0 Å². The fourth-order valence-electron chi connectivity index (χ4n) is 1.84. The second-order valence-electron chi connectivity index (χ2n) is 4.52. The molecule has 0 aliphatic carbocycles. The van der Waals surface area contributed by atoms with Crippen LogP contribution in [-0.4, -0.2) is 30.6 Å². The molecule has 0 aliphatic rings. The van der Waals surface area contributed by atoms with E-state index < -0.39 is 0 Å². The summed E-state index contributed by atoms with van der Waals surface area (Å²) in [5.41, 5.74) is 2.36.